The van der Waals surface area contributed by atoms with Gasteiger partial charge in [0.25, 0.3) is 5.91 Å². The fourth-order valence-corrected chi connectivity index (χ4v) is 3.12. The van der Waals surface area contributed by atoms with E-state index in [1.807, 2.05) is 7.05 Å². The van der Waals surface area contributed by atoms with Gasteiger partial charge in [0.1, 0.15) is 10.7 Å². The summed E-state index contributed by atoms with van der Waals surface area (Å²) in [5, 5.41) is 9.39. The average molecular weight is 344 g/mol. The second-order valence-corrected chi connectivity index (χ2v) is 6.08. The van der Waals surface area contributed by atoms with Gasteiger partial charge in [0.15, 0.2) is 0 Å². The van der Waals surface area contributed by atoms with E-state index in [4.69, 9.17) is 23.2 Å². The smallest absolute Gasteiger partial charge is 0.270 e. The molecular weight excluding hydrogens is 329 g/mol. The second kappa shape index (κ2) is 7.75. The van der Waals surface area contributed by atoms with Crippen LogP contribution in [0.1, 0.15) is 16.9 Å². The summed E-state index contributed by atoms with van der Waals surface area (Å²) in [6, 6.07) is 5.22. The molecule has 4 nitrogen and oxygen atoms in total. The van der Waals surface area contributed by atoms with Gasteiger partial charge in [0.2, 0.25) is 0 Å². The number of halogens is 2. The maximum atomic E-state index is 12.0. The number of aromatic nitrogens is 1. The van der Waals surface area contributed by atoms with E-state index in [2.05, 4.69) is 15.6 Å². The number of hydrogen-bond donors (Lipinski definition) is 2. The summed E-state index contributed by atoms with van der Waals surface area (Å²) in [4.78, 5) is 16.3. The zero-order chi connectivity index (χ0) is 15.2. The zero-order valence-corrected chi connectivity index (χ0v) is 13.8. The average Bonchev–Trinajstić information content (AvgIpc) is 2.93. The van der Waals surface area contributed by atoms with E-state index in [9.17, 15) is 4.79 Å². The first-order valence-electron chi connectivity index (χ1n) is 6.45. The second-order valence-electron chi connectivity index (χ2n) is 4.38. The predicted molar refractivity (Wildman–Crippen MR) is 88.4 cm³/mol. The van der Waals surface area contributed by atoms with Crippen LogP contribution in [-0.2, 0) is 0 Å². The van der Waals surface area contributed by atoms with Crippen molar-refractivity contribution in [1.29, 1.82) is 0 Å². The van der Waals surface area contributed by atoms with E-state index >= 15 is 0 Å². The summed E-state index contributed by atoms with van der Waals surface area (Å²) in [6.45, 7) is 1.48. The maximum Gasteiger partial charge on any atom is 0.270 e. The van der Waals surface area contributed by atoms with Crippen molar-refractivity contribution in [1.82, 2.24) is 15.6 Å². The predicted octanol–water partition coefficient (Wildman–Crippen LogP) is 3.46. The number of rotatable bonds is 6. The van der Waals surface area contributed by atoms with Crippen LogP contribution in [0, 0.1) is 0 Å². The van der Waals surface area contributed by atoms with Crippen molar-refractivity contribution in [3.63, 3.8) is 0 Å². The van der Waals surface area contributed by atoms with Gasteiger partial charge < -0.3 is 10.6 Å². The molecule has 0 saturated carbocycles. The monoisotopic (exact) mass is 343 g/mol. The molecule has 2 rings (SSSR count). The largest absolute Gasteiger partial charge is 0.351 e. The maximum absolute atomic E-state index is 12.0. The van der Waals surface area contributed by atoms with Gasteiger partial charge in [-0.15, -0.1) is 11.3 Å². The Morgan fingerprint density at radius 3 is 2.86 bits per heavy atom. The highest BCUT2D eigenvalue weighted by atomic mass is 35.5. The lowest BCUT2D eigenvalue weighted by Crippen LogP contribution is -2.26. The lowest BCUT2D eigenvalue weighted by Gasteiger charge is -2.02. The van der Waals surface area contributed by atoms with E-state index in [1.165, 1.54) is 11.3 Å². The minimum atomic E-state index is -0.168. The van der Waals surface area contributed by atoms with E-state index in [0.717, 1.165) is 18.5 Å². The number of amides is 1. The molecule has 0 aliphatic heterocycles. The van der Waals surface area contributed by atoms with Gasteiger partial charge >= 0.3 is 0 Å². The number of carbonyl (C=O) groups excluding carboxylic acids is 1. The number of thiazole rings is 1. The minimum Gasteiger partial charge on any atom is -0.351 e. The van der Waals surface area contributed by atoms with E-state index in [0.29, 0.717) is 27.3 Å². The molecule has 0 radical (unpaired) electrons. The van der Waals surface area contributed by atoms with Crippen LogP contribution in [0.2, 0.25) is 10.0 Å². The fraction of sp³-hybridized carbons (Fsp3) is 0.286. The van der Waals surface area contributed by atoms with Crippen molar-refractivity contribution in [2.45, 2.75) is 6.42 Å². The zero-order valence-electron chi connectivity index (χ0n) is 11.5. The Balaban J connectivity index is 2.05. The molecule has 0 spiro atoms. The standard InChI is InChI=1S/C14H15Cl2N3OS/c1-17-5-2-6-18-13(20)12-8-21-14(19-12)10-4-3-9(15)7-11(10)16/h3-4,7-8,17H,2,5-6H2,1H3,(H,18,20). The summed E-state index contributed by atoms with van der Waals surface area (Å²) in [6.07, 6.45) is 0.877. The molecule has 2 aromatic rings. The SMILES string of the molecule is CNCCCNC(=O)c1csc(-c2ccc(Cl)cc2Cl)n1. The summed E-state index contributed by atoms with van der Waals surface area (Å²) < 4.78 is 0. The molecule has 112 valence electrons. The number of nitrogens with one attached hydrogen (secondary N) is 2. The lowest BCUT2D eigenvalue weighted by molar-refractivity contribution is 0.0949. The van der Waals surface area contributed by atoms with Crippen LogP contribution in [0.3, 0.4) is 0 Å². The Bertz CT molecular complexity index is 630. The molecule has 7 heteroatoms. The van der Waals surface area contributed by atoms with Crippen molar-refractivity contribution in [3.05, 3.63) is 39.3 Å². The molecule has 0 fully saturated rings. The van der Waals surface area contributed by atoms with Crippen molar-refractivity contribution in [2.24, 2.45) is 0 Å². The van der Waals surface area contributed by atoms with Crippen molar-refractivity contribution >= 4 is 40.4 Å². The summed E-state index contributed by atoms with van der Waals surface area (Å²) in [5.41, 5.74) is 1.19. The molecule has 21 heavy (non-hydrogen) atoms. The van der Waals surface area contributed by atoms with E-state index in [1.54, 1.807) is 23.6 Å². The molecule has 0 aliphatic rings. The third-order valence-corrected chi connectivity index (χ3v) is 4.21. The Kier molecular flexibility index (Phi) is 5.99. The van der Waals surface area contributed by atoms with Crippen LogP contribution in [0.15, 0.2) is 23.6 Å². The number of nitrogens with zero attached hydrogens (tertiary/aromatic N) is 1. The Labute approximate surface area is 137 Å². The Morgan fingerprint density at radius 1 is 1.33 bits per heavy atom. The molecule has 2 N–H and O–H groups in total. The number of benzene rings is 1. The molecule has 1 amide bonds. The van der Waals surface area contributed by atoms with E-state index < -0.39 is 0 Å². The van der Waals surface area contributed by atoms with Gasteiger partial charge in [-0.25, -0.2) is 4.98 Å². The first-order valence-corrected chi connectivity index (χ1v) is 8.09. The van der Waals surface area contributed by atoms with Crippen LogP contribution < -0.4 is 10.6 Å². The quantitative estimate of drug-likeness (QED) is 0.789. The number of carbonyl (C=O) groups is 1. The molecule has 0 unspecified atom stereocenters. The summed E-state index contributed by atoms with van der Waals surface area (Å²) in [5.74, 6) is -0.168. The third kappa shape index (κ3) is 4.41. The van der Waals surface area contributed by atoms with Crippen LogP contribution in [0.4, 0.5) is 0 Å². The van der Waals surface area contributed by atoms with Crippen molar-refractivity contribution in [3.8, 4) is 10.6 Å². The molecule has 1 aromatic carbocycles. The molecule has 0 bridgehead atoms. The number of hydrogen-bond acceptors (Lipinski definition) is 4. The topological polar surface area (TPSA) is 54.0 Å². The van der Waals surface area contributed by atoms with Crippen molar-refractivity contribution in [2.75, 3.05) is 20.1 Å². The molecule has 0 atom stereocenters. The highest BCUT2D eigenvalue weighted by molar-refractivity contribution is 7.13. The van der Waals surface area contributed by atoms with Crippen molar-refractivity contribution < 1.29 is 4.79 Å². The normalized spacial score (nSPS) is 10.6. The Morgan fingerprint density at radius 2 is 2.14 bits per heavy atom. The minimum absolute atomic E-state index is 0.168. The van der Waals surface area contributed by atoms with Gasteiger partial charge in [-0.1, -0.05) is 23.2 Å². The van der Waals surface area contributed by atoms with Gasteiger partial charge in [-0.2, -0.15) is 0 Å². The van der Waals surface area contributed by atoms with Gasteiger partial charge in [-0.05, 0) is 38.2 Å². The van der Waals surface area contributed by atoms with E-state index in [-0.39, 0.29) is 5.91 Å². The summed E-state index contributed by atoms with van der Waals surface area (Å²) >= 11 is 13.4. The Hall–Kier alpha value is -1.14. The molecule has 1 heterocycles. The van der Waals surface area contributed by atoms with Crippen LogP contribution >= 0.6 is 34.5 Å². The lowest BCUT2D eigenvalue weighted by atomic mass is 10.2. The fourth-order valence-electron chi connectivity index (χ4n) is 1.72. The van der Waals surface area contributed by atoms with Gasteiger partial charge in [-0.3, -0.25) is 4.79 Å². The first kappa shape index (κ1) is 16.2. The van der Waals surface area contributed by atoms with Crippen LogP contribution in [0.25, 0.3) is 10.6 Å². The highest BCUT2D eigenvalue weighted by Gasteiger charge is 2.13. The molecular formula is C14H15Cl2N3OS. The summed E-state index contributed by atoms with van der Waals surface area (Å²) in [7, 11) is 1.88. The highest BCUT2D eigenvalue weighted by Crippen LogP contribution is 2.32. The first-order chi connectivity index (χ1) is 10.1. The van der Waals surface area contributed by atoms with Crippen LogP contribution in [-0.4, -0.2) is 31.0 Å². The molecule has 1 aromatic heterocycles. The third-order valence-electron chi connectivity index (χ3n) is 2.79. The van der Waals surface area contributed by atoms with Gasteiger partial charge in [0, 0.05) is 22.5 Å². The molecule has 0 aliphatic carbocycles. The van der Waals surface area contributed by atoms with Gasteiger partial charge in [0.05, 0.1) is 5.02 Å². The van der Waals surface area contributed by atoms with Crippen LogP contribution in [0.5, 0.6) is 0 Å². The molecule has 0 saturated heterocycles.